The van der Waals surface area contributed by atoms with Gasteiger partial charge < -0.3 is 19.5 Å². The molecule has 1 atom stereocenters. The van der Waals surface area contributed by atoms with E-state index in [1.807, 2.05) is 19.1 Å². The number of piperazine rings is 1. The number of likely N-dealkylation sites (N-methyl/N-ethyl adjacent to an activating group) is 1. The Bertz CT molecular complexity index is 906. The summed E-state index contributed by atoms with van der Waals surface area (Å²) in [7, 11) is 0. The summed E-state index contributed by atoms with van der Waals surface area (Å²) in [5, 5.41) is 3.13. The molecule has 8 nitrogen and oxygen atoms in total. The highest BCUT2D eigenvalue weighted by Crippen LogP contribution is 2.22. The van der Waals surface area contributed by atoms with Gasteiger partial charge in [-0.1, -0.05) is 6.92 Å². The molecule has 1 N–H and O–H groups in total. The molecule has 2 aromatic heterocycles. The highest BCUT2D eigenvalue weighted by atomic mass is 16.3. The van der Waals surface area contributed by atoms with Gasteiger partial charge in [-0.3, -0.25) is 14.5 Å². The van der Waals surface area contributed by atoms with Gasteiger partial charge in [0.25, 0.3) is 11.8 Å². The van der Waals surface area contributed by atoms with Gasteiger partial charge in [-0.2, -0.15) is 0 Å². The van der Waals surface area contributed by atoms with Crippen molar-refractivity contribution in [3.05, 3.63) is 47.5 Å². The number of rotatable bonds is 6. The topological polar surface area (TPSA) is 81.9 Å². The molecule has 2 amide bonds. The van der Waals surface area contributed by atoms with Gasteiger partial charge in [-0.05, 0) is 57.1 Å². The lowest BCUT2D eigenvalue weighted by Crippen LogP contribution is -2.49. The first kappa shape index (κ1) is 21.4. The SMILES string of the molecule is CCN1CCCC1CNC(=O)c1ccc(C)nc1N1CCN(C(=O)c2ccco2)CC1. The second-order valence-electron chi connectivity index (χ2n) is 8.22. The highest BCUT2D eigenvalue weighted by molar-refractivity contribution is 5.99. The Hall–Kier alpha value is -2.87. The van der Waals surface area contributed by atoms with E-state index in [0.29, 0.717) is 55.9 Å². The van der Waals surface area contributed by atoms with E-state index in [2.05, 4.69) is 27.0 Å². The fourth-order valence-corrected chi connectivity index (χ4v) is 4.49. The molecule has 0 aliphatic carbocycles. The van der Waals surface area contributed by atoms with Crippen molar-refractivity contribution in [3.8, 4) is 0 Å². The van der Waals surface area contributed by atoms with Gasteiger partial charge in [-0.15, -0.1) is 0 Å². The monoisotopic (exact) mass is 425 g/mol. The summed E-state index contributed by atoms with van der Waals surface area (Å²) >= 11 is 0. The number of nitrogens with one attached hydrogen (secondary N) is 1. The summed E-state index contributed by atoms with van der Waals surface area (Å²) in [6.45, 7) is 9.23. The van der Waals surface area contributed by atoms with Crippen LogP contribution in [0.25, 0.3) is 0 Å². The number of aryl methyl sites for hydroxylation is 1. The Morgan fingerprint density at radius 3 is 2.68 bits per heavy atom. The van der Waals surface area contributed by atoms with E-state index in [0.717, 1.165) is 25.2 Å². The standard InChI is InChI=1S/C23H31N5O3/c1-3-26-10-4-6-18(26)16-24-22(29)19-9-8-17(2)25-21(19)27-11-13-28(14-12-27)23(30)20-7-5-15-31-20/h5,7-9,15,18H,3-4,6,10-14,16H2,1-2H3,(H,24,29). The van der Waals surface area contributed by atoms with E-state index in [9.17, 15) is 9.59 Å². The number of likely N-dealkylation sites (tertiary alicyclic amines) is 1. The third kappa shape index (κ3) is 4.74. The van der Waals surface area contributed by atoms with Gasteiger partial charge in [0.1, 0.15) is 5.82 Å². The zero-order valence-corrected chi connectivity index (χ0v) is 18.3. The minimum Gasteiger partial charge on any atom is -0.459 e. The molecule has 2 saturated heterocycles. The van der Waals surface area contributed by atoms with E-state index >= 15 is 0 Å². The number of amides is 2. The van der Waals surface area contributed by atoms with Crippen LogP contribution >= 0.6 is 0 Å². The summed E-state index contributed by atoms with van der Waals surface area (Å²) in [4.78, 5) is 36.5. The summed E-state index contributed by atoms with van der Waals surface area (Å²) in [5.74, 6) is 0.869. The molecule has 0 spiro atoms. The molecule has 8 heteroatoms. The van der Waals surface area contributed by atoms with Crippen molar-refractivity contribution in [3.63, 3.8) is 0 Å². The van der Waals surface area contributed by atoms with E-state index in [-0.39, 0.29) is 11.8 Å². The van der Waals surface area contributed by atoms with Crippen LogP contribution in [0.3, 0.4) is 0 Å². The summed E-state index contributed by atoms with van der Waals surface area (Å²) < 4.78 is 5.24. The molecule has 2 fully saturated rings. The maximum absolute atomic E-state index is 13.0. The summed E-state index contributed by atoms with van der Waals surface area (Å²) in [6, 6.07) is 7.55. The van der Waals surface area contributed by atoms with Gasteiger partial charge in [0.2, 0.25) is 0 Å². The van der Waals surface area contributed by atoms with Crippen LogP contribution in [0, 0.1) is 6.92 Å². The molecule has 31 heavy (non-hydrogen) atoms. The van der Waals surface area contributed by atoms with Crippen molar-refractivity contribution in [2.45, 2.75) is 32.7 Å². The summed E-state index contributed by atoms with van der Waals surface area (Å²) in [6.07, 6.45) is 3.82. The van der Waals surface area contributed by atoms with Crippen molar-refractivity contribution < 1.29 is 14.0 Å². The van der Waals surface area contributed by atoms with Crippen molar-refractivity contribution in [1.82, 2.24) is 20.1 Å². The first-order valence-electron chi connectivity index (χ1n) is 11.1. The number of hydrogen-bond donors (Lipinski definition) is 1. The second kappa shape index (κ2) is 9.51. The van der Waals surface area contributed by atoms with Crippen LogP contribution in [-0.4, -0.2) is 78.5 Å². The normalized spacial score (nSPS) is 19.6. The van der Waals surface area contributed by atoms with Crippen LogP contribution in [0.4, 0.5) is 5.82 Å². The van der Waals surface area contributed by atoms with Crippen molar-refractivity contribution in [2.75, 3.05) is 50.7 Å². The van der Waals surface area contributed by atoms with Crippen molar-refractivity contribution in [1.29, 1.82) is 0 Å². The molecule has 0 saturated carbocycles. The quantitative estimate of drug-likeness (QED) is 0.764. The predicted molar refractivity (Wildman–Crippen MR) is 118 cm³/mol. The number of aromatic nitrogens is 1. The molecule has 2 aliphatic heterocycles. The van der Waals surface area contributed by atoms with Crippen LogP contribution < -0.4 is 10.2 Å². The predicted octanol–water partition coefficient (Wildman–Crippen LogP) is 2.16. The Morgan fingerprint density at radius 2 is 1.97 bits per heavy atom. The minimum absolute atomic E-state index is 0.0838. The van der Waals surface area contributed by atoms with Crippen LogP contribution in [0.1, 0.15) is 46.4 Å². The molecule has 4 heterocycles. The zero-order valence-electron chi connectivity index (χ0n) is 18.3. The number of carbonyl (C=O) groups is 2. The van der Waals surface area contributed by atoms with Crippen LogP contribution in [0.5, 0.6) is 0 Å². The zero-order chi connectivity index (χ0) is 21.8. The molecular formula is C23H31N5O3. The van der Waals surface area contributed by atoms with E-state index in [4.69, 9.17) is 4.42 Å². The molecule has 2 aliphatic rings. The first-order valence-corrected chi connectivity index (χ1v) is 11.1. The molecular weight excluding hydrogens is 394 g/mol. The number of nitrogens with zero attached hydrogens (tertiary/aromatic N) is 4. The van der Waals surface area contributed by atoms with Crippen LogP contribution in [0.15, 0.2) is 34.9 Å². The Labute approximate surface area is 183 Å². The maximum Gasteiger partial charge on any atom is 0.289 e. The number of anilines is 1. The number of carbonyl (C=O) groups excluding carboxylic acids is 2. The van der Waals surface area contributed by atoms with Crippen LogP contribution in [0.2, 0.25) is 0 Å². The fraction of sp³-hybridized carbons (Fsp3) is 0.522. The Morgan fingerprint density at radius 1 is 1.16 bits per heavy atom. The molecule has 1 unspecified atom stereocenters. The molecule has 0 bridgehead atoms. The number of hydrogen-bond acceptors (Lipinski definition) is 6. The third-order valence-electron chi connectivity index (χ3n) is 6.26. The van der Waals surface area contributed by atoms with Gasteiger partial charge in [0.05, 0.1) is 11.8 Å². The average Bonchev–Trinajstić information content (AvgIpc) is 3.49. The lowest BCUT2D eigenvalue weighted by Gasteiger charge is -2.35. The average molecular weight is 426 g/mol. The van der Waals surface area contributed by atoms with Crippen LogP contribution in [-0.2, 0) is 0 Å². The van der Waals surface area contributed by atoms with Gasteiger partial charge in [-0.25, -0.2) is 4.98 Å². The van der Waals surface area contributed by atoms with E-state index in [1.54, 1.807) is 17.0 Å². The fourth-order valence-electron chi connectivity index (χ4n) is 4.49. The molecule has 0 aromatic carbocycles. The van der Waals surface area contributed by atoms with Crippen molar-refractivity contribution >= 4 is 17.6 Å². The maximum atomic E-state index is 13.0. The van der Waals surface area contributed by atoms with Gasteiger partial charge >= 0.3 is 0 Å². The van der Waals surface area contributed by atoms with Crippen molar-refractivity contribution in [2.24, 2.45) is 0 Å². The number of pyridine rings is 1. The second-order valence-corrected chi connectivity index (χ2v) is 8.22. The molecule has 4 rings (SSSR count). The third-order valence-corrected chi connectivity index (χ3v) is 6.26. The Kier molecular flexibility index (Phi) is 6.56. The summed E-state index contributed by atoms with van der Waals surface area (Å²) in [5.41, 5.74) is 1.46. The Balaban J connectivity index is 1.41. The first-order chi connectivity index (χ1) is 15.1. The number of furan rings is 1. The minimum atomic E-state index is -0.100. The highest BCUT2D eigenvalue weighted by Gasteiger charge is 2.28. The van der Waals surface area contributed by atoms with Gasteiger partial charge in [0.15, 0.2) is 5.76 Å². The largest absolute Gasteiger partial charge is 0.459 e. The lowest BCUT2D eigenvalue weighted by atomic mass is 10.1. The lowest BCUT2D eigenvalue weighted by molar-refractivity contribution is 0.0713. The van der Waals surface area contributed by atoms with E-state index in [1.165, 1.54) is 12.7 Å². The van der Waals surface area contributed by atoms with E-state index < -0.39 is 0 Å². The van der Waals surface area contributed by atoms with Gasteiger partial charge in [0, 0.05) is 44.5 Å². The molecule has 2 aromatic rings. The smallest absolute Gasteiger partial charge is 0.289 e. The molecule has 0 radical (unpaired) electrons. The molecule has 166 valence electrons.